The van der Waals surface area contributed by atoms with Crippen LogP contribution in [0.15, 0.2) is 48.5 Å². The third-order valence-corrected chi connectivity index (χ3v) is 5.02. The van der Waals surface area contributed by atoms with Gasteiger partial charge in [-0.25, -0.2) is 19.6 Å². The van der Waals surface area contributed by atoms with Crippen molar-refractivity contribution in [2.75, 3.05) is 36.4 Å². The lowest BCUT2D eigenvalue weighted by Gasteiger charge is -2.37. The molecule has 0 aromatic heterocycles. The molecule has 2 saturated heterocycles. The van der Waals surface area contributed by atoms with Gasteiger partial charge in [0.15, 0.2) is 0 Å². The molecule has 0 bridgehead atoms. The van der Waals surface area contributed by atoms with E-state index in [2.05, 4.69) is 26.6 Å². The van der Waals surface area contributed by atoms with E-state index < -0.39 is 12.2 Å². The number of halogens is 2. The Morgan fingerprint density at radius 2 is 1.68 bits per heavy atom. The van der Waals surface area contributed by atoms with Crippen LogP contribution in [0.25, 0.3) is 0 Å². The predicted octanol–water partition coefficient (Wildman–Crippen LogP) is 1.03. The second kappa shape index (κ2) is 8.09. The first-order valence-corrected chi connectivity index (χ1v) is 9.18. The molecule has 2 aromatic rings. The minimum absolute atomic E-state index is 0.0786. The number of benzene rings is 2. The average molecular weight is 388 g/mol. The number of carbonyl (C=O) groups excluding carboxylic acids is 1. The summed E-state index contributed by atoms with van der Waals surface area (Å²) in [7, 11) is 0. The summed E-state index contributed by atoms with van der Waals surface area (Å²) in [6.07, 6.45) is -0.500. The lowest BCUT2D eigenvalue weighted by atomic mass is 10.1. The molecular weight excluding hydrogens is 366 g/mol. The van der Waals surface area contributed by atoms with Crippen LogP contribution < -0.4 is 26.6 Å². The summed E-state index contributed by atoms with van der Waals surface area (Å²) < 4.78 is 27.0. The van der Waals surface area contributed by atoms with E-state index in [1.165, 1.54) is 18.2 Å². The normalized spacial score (nSPS) is 22.4. The monoisotopic (exact) mass is 388 g/mol. The van der Waals surface area contributed by atoms with Gasteiger partial charge in [0.05, 0.1) is 5.69 Å². The van der Waals surface area contributed by atoms with E-state index in [1.54, 1.807) is 35.2 Å². The van der Waals surface area contributed by atoms with Gasteiger partial charge in [0.2, 0.25) is 5.91 Å². The van der Waals surface area contributed by atoms with Gasteiger partial charge < -0.3 is 15.1 Å². The van der Waals surface area contributed by atoms with E-state index in [9.17, 15) is 13.6 Å². The van der Waals surface area contributed by atoms with E-state index in [0.29, 0.717) is 31.9 Å². The molecule has 28 heavy (non-hydrogen) atoms. The predicted molar refractivity (Wildman–Crippen MR) is 102 cm³/mol. The van der Waals surface area contributed by atoms with E-state index in [1.807, 2.05) is 0 Å². The molecular formula is C19H22F2N6O. The van der Waals surface area contributed by atoms with Crippen LogP contribution in [0.1, 0.15) is 0 Å². The van der Waals surface area contributed by atoms with E-state index in [-0.39, 0.29) is 17.5 Å². The molecule has 0 radical (unpaired) electrons. The van der Waals surface area contributed by atoms with Crippen LogP contribution in [0.2, 0.25) is 0 Å². The van der Waals surface area contributed by atoms with E-state index in [4.69, 9.17) is 0 Å². The highest BCUT2D eigenvalue weighted by atomic mass is 19.1. The summed E-state index contributed by atoms with van der Waals surface area (Å²) in [6.45, 7) is 2.44. The Bertz CT molecular complexity index is 825. The molecule has 2 aliphatic heterocycles. The Labute approximate surface area is 161 Å². The van der Waals surface area contributed by atoms with Gasteiger partial charge in [0.1, 0.15) is 23.8 Å². The second-order valence-corrected chi connectivity index (χ2v) is 6.78. The van der Waals surface area contributed by atoms with Gasteiger partial charge in [-0.1, -0.05) is 12.1 Å². The van der Waals surface area contributed by atoms with E-state index in [0.717, 1.165) is 5.69 Å². The fraction of sp³-hybridized carbons (Fsp3) is 0.316. The standard InChI is InChI=1S/C19H22F2N6O/c20-13-5-7-14(8-6-13)26-9-11-27(12-10-26)19(28)17-18(24-25-23-17)22-16-4-2-1-3-15(16)21/h1-8,17-18,22-25H,9-12H2. The van der Waals surface area contributed by atoms with Gasteiger partial charge >= 0.3 is 0 Å². The molecule has 0 spiro atoms. The Morgan fingerprint density at radius 3 is 2.39 bits per heavy atom. The zero-order valence-corrected chi connectivity index (χ0v) is 15.2. The Hall–Kier alpha value is -2.75. The number of hydrazine groups is 2. The number of anilines is 2. The maximum atomic E-state index is 13.9. The zero-order valence-electron chi connectivity index (χ0n) is 15.2. The van der Waals surface area contributed by atoms with Gasteiger partial charge in [0, 0.05) is 31.9 Å². The highest BCUT2D eigenvalue weighted by Crippen LogP contribution is 2.19. The lowest BCUT2D eigenvalue weighted by molar-refractivity contribution is -0.133. The van der Waals surface area contributed by atoms with Crippen molar-refractivity contribution >= 4 is 17.3 Å². The van der Waals surface area contributed by atoms with Crippen LogP contribution in [-0.4, -0.2) is 49.2 Å². The van der Waals surface area contributed by atoms with Crippen molar-refractivity contribution in [2.24, 2.45) is 0 Å². The number of nitrogens with one attached hydrogen (secondary N) is 4. The maximum absolute atomic E-state index is 13.9. The van der Waals surface area contributed by atoms with Crippen LogP contribution in [-0.2, 0) is 4.79 Å². The number of carbonyl (C=O) groups is 1. The van der Waals surface area contributed by atoms with Gasteiger partial charge in [-0.3, -0.25) is 4.79 Å². The van der Waals surface area contributed by atoms with Crippen molar-refractivity contribution in [3.8, 4) is 0 Å². The van der Waals surface area contributed by atoms with Gasteiger partial charge in [-0.2, -0.15) is 5.53 Å². The summed E-state index contributed by atoms with van der Waals surface area (Å²) in [5, 5.41) is 3.01. The molecule has 2 fully saturated rings. The quantitative estimate of drug-likeness (QED) is 0.627. The number of nitrogens with zero attached hydrogens (tertiary/aromatic N) is 2. The number of amides is 1. The molecule has 2 aromatic carbocycles. The molecule has 2 aliphatic rings. The molecule has 0 aliphatic carbocycles. The van der Waals surface area contributed by atoms with Crippen molar-refractivity contribution in [3.05, 3.63) is 60.2 Å². The van der Waals surface area contributed by atoms with Crippen molar-refractivity contribution in [3.63, 3.8) is 0 Å². The van der Waals surface area contributed by atoms with Gasteiger partial charge in [-0.15, -0.1) is 0 Å². The highest BCUT2D eigenvalue weighted by Gasteiger charge is 2.36. The molecule has 4 N–H and O–H groups in total. The summed E-state index contributed by atoms with van der Waals surface area (Å²) in [6, 6.07) is 12.1. The van der Waals surface area contributed by atoms with Gasteiger partial charge in [-0.05, 0) is 36.4 Å². The third kappa shape index (κ3) is 3.91. The van der Waals surface area contributed by atoms with Crippen molar-refractivity contribution in [1.29, 1.82) is 0 Å². The molecule has 1 amide bonds. The van der Waals surface area contributed by atoms with Crippen LogP contribution in [0, 0.1) is 11.6 Å². The summed E-state index contributed by atoms with van der Waals surface area (Å²) in [5.41, 5.74) is 9.82. The summed E-state index contributed by atoms with van der Waals surface area (Å²) in [4.78, 5) is 16.9. The maximum Gasteiger partial charge on any atom is 0.244 e. The zero-order chi connectivity index (χ0) is 19.5. The van der Waals surface area contributed by atoms with Crippen molar-refractivity contribution in [2.45, 2.75) is 12.2 Å². The van der Waals surface area contributed by atoms with Crippen LogP contribution in [0.5, 0.6) is 0 Å². The van der Waals surface area contributed by atoms with Crippen LogP contribution >= 0.6 is 0 Å². The minimum Gasteiger partial charge on any atom is -0.368 e. The number of para-hydroxylation sites is 1. The van der Waals surface area contributed by atoms with Crippen LogP contribution in [0.3, 0.4) is 0 Å². The molecule has 4 rings (SSSR count). The fourth-order valence-corrected chi connectivity index (χ4v) is 3.47. The molecule has 2 heterocycles. The Morgan fingerprint density at radius 1 is 0.964 bits per heavy atom. The molecule has 2 atom stereocenters. The highest BCUT2D eigenvalue weighted by molar-refractivity contribution is 5.83. The smallest absolute Gasteiger partial charge is 0.244 e. The fourth-order valence-electron chi connectivity index (χ4n) is 3.47. The Balaban J connectivity index is 1.36. The number of rotatable bonds is 4. The van der Waals surface area contributed by atoms with Crippen LogP contribution in [0.4, 0.5) is 20.2 Å². The lowest BCUT2D eigenvalue weighted by Crippen LogP contribution is -2.57. The number of hydrogen-bond acceptors (Lipinski definition) is 6. The second-order valence-electron chi connectivity index (χ2n) is 6.78. The average Bonchev–Trinajstić information content (AvgIpc) is 3.18. The SMILES string of the molecule is O=C(C1NNNC1Nc1ccccc1F)N1CCN(c2ccc(F)cc2)CC1. The molecule has 7 nitrogen and oxygen atoms in total. The third-order valence-electron chi connectivity index (χ3n) is 5.02. The first-order chi connectivity index (χ1) is 13.6. The Kier molecular flexibility index (Phi) is 5.38. The molecule has 0 saturated carbocycles. The summed E-state index contributed by atoms with van der Waals surface area (Å²) >= 11 is 0. The number of piperazine rings is 1. The molecule has 2 unspecified atom stereocenters. The van der Waals surface area contributed by atoms with E-state index >= 15 is 0 Å². The summed E-state index contributed by atoms with van der Waals surface area (Å²) in [5.74, 6) is -0.723. The molecule has 9 heteroatoms. The largest absolute Gasteiger partial charge is 0.368 e. The van der Waals surface area contributed by atoms with Crippen molar-refractivity contribution in [1.82, 2.24) is 21.3 Å². The van der Waals surface area contributed by atoms with Crippen molar-refractivity contribution < 1.29 is 13.6 Å². The first kappa shape index (κ1) is 18.6. The molecule has 148 valence electrons. The minimum atomic E-state index is -0.586. The topological polar surface area (TPSA) is 71.7 Å². The van der Waals surface area contributed by atoms with Gasteiger partial charge in [0.25, 0.3) is 0 Å². The first-order valence-electron chi connectivity index (χ1n) is 9.18. The number of hydrogen-bond donors (Lipinski definition) is 4.